The number of hydrogen-bond acceptors (Lipinski definition) is 0. The minimum Gasteiger partial charge on any atom is -0.120 e. The summed E-state index contributed by atoms with van der Waals surface area (Å²) in [5.41, 5.74) is 1.23. The van der Waals surface area contributed by atoms with Crippen LogP contribution in [0, 0.1) is 24.7 Å². The van der Waals surface area contributed by atoms with Crippen LogP contribution in [0.1, 0.15) is 26.2 Å². The van der Waals surface area contributed by atoms with Crippen LogP contribution in [-0.4, -0.2) is 0 Å². The highest BCUT2D eigenvalue weighted by atomic mass is 13.9. The largest absolute Gasteiger partial charge is 0.120 e. The molecule has 0 heterocycles. The van der Waals surface area contributed by atoms with Crippen molar-refractivity contribution < 1.29 is 0 Å². The van der Waals surface area contributed by atoms with E-state index in [0.29, 0.717) is 0 Å². The van der Waals surface area contributed by atoms with Gasteiger partial charge in [0.25, 0.3) is 0 Å². The Morgan fingerprint density at radius 1 is 1.40 bits per heavy atom. The third-order valence-electron chi connectivity index (χ3n) is 1.16. The fraction of sp³-hybridized carbons (Fsp3) is 0.400. The van der Waals surface area contributed by atoms with Gasteiger partial charge >= 0.3 is 0 Å². The van der Waals surface area contributed by atoms with Crippen LogP contribution < -0.4 is 0 Å². The maximum absolute atomic E-state index is 5.10. The van der Waals surface area contributed by atoms with Crippen molar-refractivity contribution in [2.45, 2.75) is 26.2 Å². The van der Waals surface area contributed by atoms with E-state index in [4.69, 9.17) is 12.8 Å². The lowest BCUT2D eigenvalue weighted by molar-refractivity contribution is 1.05. The molecule has 0 saturated heterocycles. The quantitative estimate of drug-likeness (QED) is 0.314. The second kappa shape index (κ2) is 5.99. The smallest absolute Gasteiger partial charge is 0.0293 e. The number of hydrogen-bond donors (Lipinski definition) is 0. The van der Waals surface area contributed by atoms with Crippen LogP contribution in [0.2, 0.25) is 0 Å². The van der Waals surface area contributed by atoms with Crippen LogP contribution in [0.5, 0.6) is 0 Å². The second-order valence-corrected chi connectivity index (χ2v) is 2.17. The molecule has 10 heavy (non-hydrogen) atoms. The summed E-state index contributed by atoms with van der Waals surface area (Å²) in [5, 5.41) is 0. The zero-order valence-electron chi connectivity index (χ0n) is 6.35. The zero-order chi connectivity index (χ0) is 7.82. The molecule has 0 aromatic carbocycles. The normalized spacial score (nSPS) is 10.1. The molecule has 0 aromatic rings. The molecule has 0 aliphatic carbocycles. The van der Waals surface area contributed by atoms with Gasteiger partial charge in [-0.05, 0) is 13.3 Å². The highest BCUT2D eigenvalue weighted by molar-refractivity contribution is 5.08. The first kappa shape index (κ1) is 8.86. The molecule has 52 valence electrons. The van der Waals surface area contributed by atoms with Gasteiger partial charge < -0.3 is 0 Å². The molecule has 0 radical (unpaired) electrons. The van der Waals surface area contributed by atoms with Crippen LogP contribution in [0.4, 0.5) is 0 Å². The second-order valence-electron chi connectivity index (χ2n) is 2.17. The Labute approximate surface area is 63.3 Å². The third kappa shape index (κ3) is 5.01. The van der Waals surface area contributed by atoms with Gasteiger partial charge in [0.15, 0.2) is 0 Å². The average molecular weight is 132 g/mol. The van der Waals surface area contributed by atoms with Crippen molar-refractivity contribution in [1.29, 1.82) is 0 Å². The van der Waals surface area contributed by atoms with E-state index >= 15 is 0 Å². The first-order valence-electron chi connectivity index (χ1n) is 3.33. The Morgan fingerprint density at radius 2 is 2.10 bits per heavy atom. The molecule has 0 fully saturated rings. The summed E-state index contributed by atoms with van der Waals surface area (Å²) in [5.74, 6) is 5.14. The fourth-order valence-electron chi connectivity index (χ4n) is 0.635. The summed E-state index contributed by atoms with van der Waals surface area (Å²) < 4.78 is 0. The van der Waals surface area contributed by atoms with E-state index in [1.807, 2.05) is 6.92 Å². The molecular weight excluding hydrogens is 120 g/mol. The Hall–Kier alpha value is -1.14. The molecule has 0 atom stereocenters. The van der Waals surface area contributed by atoms with Gasteiger partial charge in [-0.1, -0.05) is 11.6 Å². The van der Waals surface area contributed by atoms with Crippen molar-refractivity contribution in [3.63, 3.8) is 0 Å². The molecule has 0 spiro atoms. The minimum absolute atomic E-state index is 0.741. The summed E-state index contributed by atoms with van der Waals surface area (Å²) in [4.78, 5) is 0. The maximum atomic E-state index is 5.10. The van der Waals surface area contributed by atoms with Gasteiger partial charge in [0.2, 0.25) is 0 Å². The van der Waals surface area contributed by atoms with Gasteiger partial charge in [0, 0.05) is 12.8 Å². The first-order chi connectivity index (χ1) is 4.81. The zero-order valence-corrected chi connectivity index (χ0v) is 6.35. The van der Waals surface area contributed by atoms with Crippen LogP contribution >= 0.6 is 0 Å². The Bertz CT molecular complexity index is 183. The predicted molar refractivity (Wildman–Crippen MR) is 45.3 cm³/mol. The molecule has 0 aliphatic heterocycles. The van der Waals surface area contributed by atoms with E-state index in [2.05, 4.69) is 17.9 Å². The Balaban J connectivity index is 3.52. The lowest BCUT2D eigenvalue weighted by Gasteiger charge is -1.90. The van der Waals surface area contributed by atoms with E-state index in [1.165, 1.54) is 5.57 Å². The van der Waals surface area contributed by atoms with Crippen molar-refractivity contribution in [2.75, 3.05) is 0 Å². The molecule has 0 nitrogen and oxygen atoms in total. The summed E-state index contributed by atoms with van der Waals surface area (Å²) in [6.07, 6.45) is 14.8. The molecule has 0 N–H and O–H groups in total. The Morgan fingerprint density at radius 3 is 2.60 bits per heavy atom. The topological polar surface area (TPSA) is 0 Å². The highest BCUT2D eigenvalue weighted by Crippen LogP contribution is 2.00. The van der Waals surface area contributed by atoms with Gasteiger partial charge in [-0.25, -0.2) is 0 Å². The van der Waals surface area contributed by atoms with Crippen LogP contribution in [0.25, 0.3) is 0 Å². The average Bonchev–Trinajstić information content (AvgIpc) is 1.89. The SMILES string of the molecule is C#CCCC=C(C)CC#C. The molecule has 0 saturated carbocycles. The number of allylic oxidation sites excluding steroid dienone is 2. The van der Waals surface area contributed by atoms with E-state index in [1.54, 1.807) is 0 Å². The van der Waals surface area contributed by atoms with Gasteiger partial charge in [0.1, 0.15) is 0 Å². The van der Waals surface area contributed by atoms with Gasteiger partial charge in [-0.3, -0.25) is 0 Å². The van der Waals surface area contributed by atoms with Crippen LogP contribution in [-0.2, 0) is 0 Å². The van der Waals surface area contributed by atoms with Crippen LogP contribution in [0.15, 0.2) is 11.6 Å². The summed E-state index contributed by atoms with van der Waals surface area (Å²) >= 11 is 0. The number of terminal acetylenes is 2. The molecule has 0 bridgehead atoms. The van der Waals surface area contributed by atoms with Crippen LogP contribution in [0.3, 0.4) is 0 Å². The fourth-order valence-corrected chi connectivity index (χ4v) is 0.635. The molecule has 0 rings (SSSR count). The van der Waals surface area contributed by atoms with Crippen molar-refractivity contribution in [2.24, 2.45) is 0 Å². The number of unbranched alkanes of at least 4 members (excludes halogenated alkanes) is 1. The number of rotatable bonds is 3. The molecule has 0 unspecified atom stereocenters. The van der Waals surface area contributed by atoms with E-state index in [-0.39, 0.29) is 0 Å². The Kier molecular flexibility index (Phi) is 5.30. The highest BCUT2D eigenvalue weighted by Gasteiger charge is 1.83. The molecule has 0 amide bonds. The monoisotopic (exact) mass is 132 g/mol. The summed E-state index contributed by atoms with van der Waals surface area (Å²) in [6, 6.07) is 0. The lowest BCUT2D eigenvalue weighted by atomic mass is 10.1. The van der Waals surface area contributed by atoms with Crippen molar-refractivity contribution in [3.8, 4) is 24.7 Å². The van der Waals surface area contributed by atoms with Gasteiger partial charge in [0.05, 0.1) is 0 Å². The minimum atomic E-state index is 0.741. The summed E-state index contributed by atoms with van der Waals surface area (Å²) in [7, 11) is 0. The summed E-state index contributed by atoms with van der Waals surface area (Å²) in [6.45, 7) is 2.02. The van der Waals surface area contributed by atoms with E-state index in [0.717, 1.165) is 19.3 Å². The first-order valence-corrected chi connectivity index (χ1v) is 3.33. The molecular formula is C10H12. The lowest BCUT2D eigenvalue weighted by Crippen LogP contribution is -1.73. The van der Waals surface area contributed by atoms with Crippen molar-refractivity contribution in [3.05, 3.63) is 11.6 Å². The van der Waals surface area contributed by atoms with E-state index < -0.39 is 0 Å². The van der Waals surface area contributed by atoms with Gasteiger partial charge in [-0.15, -0.1) is 24.7 Å². The molecule has 0 aliphatic rings. The van der Waals surface area contributed by atoms with E-state index in [9.17, 15) is 0 Å². The van der Waals surface area contributed by atoms with Crippen molar-refractivity contribution >= 4 is 0 Å². The predicted octanol–water partition coefficient (Wildman–Crippen LogP) is 2.37. The molecule has 0 aromatic heterocycles. The molecule has 0 heteroatoms. The van der Waals surface area contributed by atoms with Gasteiger partial charge in [-0.2, -0.15) is 0 Å². The maximum Gasteiger partial charge on any atom is 0.0293 e. The third-order valence-corrected chi connectivity index (χ3v) is 1.16. The standard InChI is InChI=1S/C10H12/c1-4-6-7-9-10(3)8-5-2/h1-2,9H,6-8H2,3H3. The van der Waals surface area contributed by atoms with Crippen molar-refractivity contribution in [1.82, 2.24) is 0 Å².